The minimum atomic E-state index is -0.412. The van der Waals surface area contributed by atoms with Crippen LogP contribution in [-0.2, 0) is 22.5 Å². The third-order valence-electron chi connectivity index (χ3n) is 3.68. The Labute approximate surface area is 123 Å². The van der Waals surface area contributed by atoms with Crippen LogP contribution >= 0.6 is 0 Å². The summed E-state index contributed by atoms with van der Waals surface area (Å²) in [5.41, 5.74) is 2.47. The zero-order valence-electron chi connectivity index (χ0n) is 12.1. The Morgan fingerprint density at radius 2 is 2.14 bits per heavy atom. The van der Waals surface area contributed by atoms with Gasteiger partial charge in [0.2, 0.25) is 6.23 Å². The average molecular weight is 292 g/mol. The average Bonchev–Trinajstić information content (AvgIpc) is 2.43. The van der Waals surface area contributed by atoms with Crippen molar-refractivity contribution < 1.29 is 19.3 Å². The molecule has 2 rings (SSSR count). The number of carbonyl (C=O) groups excluding carboxylic acids is 1. The third kappa shape index (κ3) is 4.46. The molecule has 1 aromatic carbocycles. The highest BCUT2D eigenvalue weighted by Gasteiger charge is 2.31. The van der Waals surface area contributed by atoms with Gasteiger partial charge < -0.3 is 15.2 Å². The maximum Gasteiger partial charge on any atom is 0.307 e. The third-order valence-corrected chi connectivity index (χ3v) is 3.68. The number of hydrogen-bond acceptors (Lipinski definition) is 4. The van der Waals surface area contributed by atoms with Crippen molar-refractivity contribution in [1.82, 2.24) is 0 Å². The van der Waals surface area contributed by atoms with Crippen LogP contribution in [0.2, 0.25) is 0 Å². The van der Waals surface area contributed by atoms with Gasteiger partial charge in [0.05, 0.1) is 13.0 Å². The molecule has 0 bridgehead atoms. The summed E-state index contributed by atoms with van der Waals surface area (Å²) in [6, 6.07) is 8.13. The highest BCUT2D eigenvalue weighted by Crippen LogP contribution is 2.14. The van der Waals surface area contributed by atoms with Gasteiger partial charge in [-0.3, -0.25) is 9.69 Å². The lowest BCUT2D eigenvalue weighted by Gasteiger charge is -2.32. The Kier molecular flexibility index (Phi) is 5.16. The van der Waals surface area contributed by atoms with Crippen molar-refractivity contribution in [2.75, 3.05) is 6.54 Å². The zero-order valence-corrected chi connectivity index (χ0v) is 12.1. The Bertz CT molecular complexity index is 526. The molecular formula is C15H20N2O4. The first-order chi connectivity index (χ1) is 10.1. The molecule has 0 aliphatic carbocycles. The smallest absolute Gasteiger partial charge is 0.307 e. The first-order valence-corrected chi connectivity index (χ1v) is 7.11. The van der Waals surface area contributed by atoms with Crippen LogP contribution in [0.15, 0.2) is 24.3 Å². The van der Waals surface area contributed by atoms with Gasteiger partial charge in [-0.25, -0.2) is 0 Å². The summed E-state index contributed by atoms with van der Waals surface area (Å²) in [5, 5.41) is 20.6. The topological polar surface area (TPSA) is 79.9 Å². The second kappa shape index (κ2) is 7.08. The minimum absolute atomic E-state index is 0.201. The van der Waals surface area contributed by atoms with Crippen LogP contribution in [0.4, 0.5) is 0 Å². The summed E-state index contributed by atoms with van der Waals surface area (Å²) in [6.45, 7) is 2.95. The SMILES string of the molecule is CC(=O)OC1Cc2ccccc2C[NH+]1CCCC=[N+]([O-])[O-]. The molecule has 0 saturated carbocycles. The molecule has 2 unspecified atom stereocenters. The fraction of sp³-hybridized carbons (Fsp3) is 0.467. The van der Waals surface area contributed by atoms with E-state index in [0.29, 0.717) is 19.3 Å². The summed E-state index contributed by atoms with van der Waals surface area (Å²) in [6.07, 6.45) is 2.72. The number of esters is 1. The number of carbonyl (C=O) groups is 1. The summed E-state index contributed by atoms with van der Waals surface area (Å²) in [7, 11) is 0. The fourth-order valence-corrected chi connectivity index (χ4v) is 2.73. The summed E-state index contributed by atoms with van der Waals surface area (Å²) < 4.78 is 5.42. The maximum absolute atomic E-state index is 11.3. The predicted octanol–water partition coefficient (Wildman–Crippen LogP) is 0.376. The van der Waals surface area contributed by atoms with Crippen LogP contribution in [0.3, 0.4) is 0 Å². The van der Waals surface area contributed by atoms with Gasteiger partial charge in [-0.15, -0.1) is 0 Å². The molecule has 0 fully saturated rings. The van der Waals surface area contributed by atoms with Gasteiger partial charge in [0, 0.05) is 25.3 Å². The van der Waals surface area contributed by atoms with Gasteiger partial charge in [0.25, 0.3) is 0 Å². The van der Waals surface area contributed by atoms with Crippen molar-refractivity contribution in [1.29, 1.82) is 0 Å². The number of nitrogens with one attached hydrogen (secondary N) is 1. The molecular weight excluding hydrogens is 272 g/mol. The zero-order chi connectivity index (χ0) is 15.2. The van der Waals surface area contributed by atoms with Crippen LogP contribution in [-0.4, -0.2) is 29.9 Å². The van der Waals surface area contributed by atoms with Crippen molar-refractivity contribution in [2.45, 2.75) is 39.0 Å². The fourth-order valence-electron chi connectivity index (χ4n) is 2.73. The van der Waals surface area contributed by atoms with E-state index in [1.54, 1.807) is 0 Å². The van der Waals surface area contributed by atoms with Crippen LogP contribution in [0.5, 0.6) is 0 Å². The van der Waals surface area contributed by atoms with E-state index in [1.165, 1.54) is 18.1 Å². The quantitative estimate of drug-likeness (QED) is 0.280. The molecule has 0 amide bonds. The number of benzene rings is 1. The van der Waals surface area contributed by atoms with E-state index in [-0.39, 0.29) is 12.2 Å². The molecule has 114 valence electrons. The van der Waals surface area contributed by atoms with Crippen LogP contribution in [0.25, 0.3) is 0 Å². The second-order valence-corrected chi connectivity index (χ2v) is 5.27. The molecule has 1 heterocycles. The van der Waals surface area contributed by atoms with Crippen LogP contribution < -0.4 is 4.90 Å². The highest BCUT2D eigenvalue weighted by atomic mass is 16.8. The van der Waals surface area contributed by atoms with Crippen molar-refractivity contribution in [3.8, 4) is 0 Å². The lowest BCUT2D eigenvalue weighted by Crippen LogP contribution is -3.16. The van der Waals surface area contributed by atoms with E-state index >= 15 is 0 Å². The van der Waals surface area contributed by atoms with Gasteiger partial charge in [0.15, 0.2) is 6.21 Å². The highest BCUT2D eigenvalue weighted by molar-refractivity contribution is 5.66. The molecule has 0 saturated heterocycles. The summed E-state index contributed by atoms with van der Waals surface area (Å²) >= 11 is 0. The maximum atomic E-state index is 11.3. The molecule has 6 heteroatoms. The van der Waals surface area contributed by atoms with E-state index in [9.17, 15) is 15.2 Å². The largest absolute Gasteiger partial charge is 0.613 e. The first-order valence-electron chi connectivity index (χ1n) is 7.11. The molecule has 1 aliphatic heterocycles. The van der Waals surface area contributed by atoms with Gasteiger partial charge in [0.1, 0.15) is 6.54 Å². The van der Waals surface area contributed by atoms with Crippen LogP contribution in [0, 0.1) is 10.4 Å². The minimum Gasteiger partial charge on any atom is -0.613 e. The van der Waals surface area contributed by atoms with Gasteiger partial charge in [-0.2, -0.15) is 4.90 Å². The Balaban J connectivity index is 2.02. The predicted molar refractivity (Wildman–Crippen MR) is 77.5 cm³/mol. The monoisotopic (exact) mass is 292 g/mol. The van der Waals surface area contributed by atoms with Crippen molar-refractivity contribution in [3.63, 3.8) is 0 Å². The normalized spacial score (nSPS) is 20.4. The lowest BCUT2D eigenvalue weighted by molar-refractivity contribution is -0.960. The molecule has 6 nitrogen and oxygen atoms in total. The Morgan fingerprint density at radius 3 is 2.81 bits per heavy atom. The number of rotatable bonds is 5. The molecule has 0 spiro atoms. The number of hydrogen-bond donors (Lipinski definition) is 1. The van der Waals surface area contributed by atoms with Gasteiger partial charge in [-0.05, 0) is 5.56 Å². The van der Waals surface area contributed by atoms with E-state index in [1.807, 2.05) is 12.1 Å². The molecule has 1 N–H and O–H groups in total. The molecule has 0 aromatic heterocycles. The van der Waals surface area contributed by atoms with E-state index in [0.717, 1.165) is 24.2 Å². The Morgan fingerprint density at radius 1 is 1.43 bits per heavy atom. The molecule has 1 aromatic rings. The second-order valence-electron chi connectivity index (χ2n) is 5.27. The number of nitrogens with zero attached hydrogens (tertiary/aromatic N) is 1. The van der Waals surface area contributed by atoms with Crippen molar-refractivity contribution in [3.05, 3.63) is 45.8 Å². The first kappa shape index (κ1) is 15.3. The summed E-state index contributed by atoms with van der Waals surface area (Å²) in [4.78, 5) is 12.0. The van der Waals surface area contributed by atoms with E-state index in [2.05, 4.69) is 12.1 Å². The van der Waals surface area contributed by atoms with Gasteiger partial charge in [-0.1, -0.05) is 24.3 Å². The van der Waals surface area contributed by atoms with Crippen molar-refractivity contribution in [2.24, 2.45) is 0 Å². The molecule has 0 radical (unpaired) electrons. The van der Waals surface area contributed by atoms with Gasteiger partial charge >= 0.3 is 5.97 Å². The lowest BCUT2D eigenvalue weighted by atomic mass is 9.98. The Hall–Kier alpha value is -2.08. The standard InChI is InChI=1S/C15H19N2O4/c1-12(18)21-15-10-13-6-2-3-7-14(13)11-16(15)8-4-5-9-17(19)20/h2-3,6-7,9,15H,4-5,8,10-11H2,1H3/q-1/p+1. The molecule has 21 heavy (non-hydrogen) atoms. The number of ether oxygens (including phenoxy) is 1. The van der Waals surface area contributed by atoms with Crippen molar-refractivity contribution >= 4 is 12.2 Å². The molecule has 2 atom stereocenters. The van der Waals surface area contributed by atoms with E-state index < -0.39 is 4.90 Å². The van der Waals surface area contributed by atoms with E-state index in [4.69, 9.17) is 4.74 Å². The number of quaternary nitrogens is 1. The number of unbranched alkanes of at least 4 members (excludes halogenated alkanes) is 1. The summed E-state index contributed by atoms with van der Waals surface area (Å²) in [5.74, 6) is -0.284. The number of fused-ring (bicyclic) bond motifs is 1. The molecule has 1 aliphatic rings. The van der Waals surface area contributed by atoms with Crippen LogP contribution in [0.1, 0.15) is 30.9 Å².